The molecule has 690 valence electrons. The van der Waals surface area contributed by atoms with Crippen molar-refractivity contribution in [1.82, 2.24) is 27.4 Å². The topological polar surface area (TPSA) is 244 Å². The fourth-order valence-corrected chi connectivity index (χ4v) is 22.4. The lowest BCUT2D eigenvalue weighted by molar-refractivity contribution is 1.17. The molecule has 0 unspecified atom stereocenters. The standard InChI is InChI=1S/3C45H25N5/c46-26-29-16-22-43-38(24-29)36-11-3-4-13-40(36)49(43)33-20-18-31(19-21-33)45-32(28-48)8-7-12-37(45)39-25-30(27-47)17-23-44(39)50-41-14-5-1-9-34(41)35-10-2-6-15-42(35)50;46-26-29-18-22-45(50-42-15-7-3-11-36(42)37-12-4-8-16-43(37)50)39(23-29)35-10-2-1-9-34(35)33-20-19-32(25-31(33)28-48)49-41-14-6-5-13-38(41)40-24-30(27-47)17-21-44(40)49;46-26-29-17-20-44(50-41-14-6-3-11-35(41)36-12-4-7-15-42(36)50)38(23-29)34-10-2-1-9-33(34)31-19-22-40(32(25-31)28-48)49-43-16-8-5-13-37(43)39-24-30(27-47)18-21-45(39)49/h3*1-25H. The van der Waals surface area contributed by atoms with Crippen LogP contribution in [0.25, 0.3) is 232 Å². The van der Waals surface area contributed by atoms with Crippen molar-refractivity contribution in [1.29, 1.82) is 47.4 Å². The van der Waals surface area contributed by atoms with Crippen molar-refractivity contribution in [3.63, 3.8) is 0 Å². The molecule has 27 rings (SSSR count). The number of hydrogen-bond acceptors (Lipinski definition) is 9. The highest BCUT2D eigenvalue weighted by Gasteiger charge is 2.28. The van der Waals surface area contributed by atoms with Gasteiger partial charge in [-0.15, -0.1) is 0 Å². The van der Waals surface area contributed by atoms with Gasteiger partial charge in [0.1, 0.15) is 6.07 Å². The van der Waals surface area contributed by atoms with Gasteiger partial charge in [-0.05, 0) is 245 Å². The Bertz CT molecular complexity index is 10700. The Morgan fingerprint density at radius 2 is 0.393 bits per heavy atom. The molecule has 0 aliphatic heterocycles. The smallest absolute Gasteiger partial charge is 0.101 e. The quantitative estimate of drug-likeness (QED) is 0.113. The number of nitrogens with zero attached hydrogens (tertiary/aromatic N) is 15. The maximum atomic E-state index is 10.6. The van der Waals surface area contributed by atoms with Crippen LogP contribution in [0.3, 0.4) is 0 Å². The molecule has 0 aliphatic carbocycles. The van der Waals surface area contributed by atoms with Gasteiger partial charge in [-0.25, -0.2) is 0 Å². The fraction of sp³-hybridized carbons (Fsp3) is 0. The van der Waals surface area contributed by atoms with Crippen molar-refractivity contribution in [2.45, 2.75) is 0 Å². The van der Waals surface area contributed by atoms with Crippen molar-refractivity contribution in [3.05, 3.63) is 505 Å². The van der Waals surface area contributed by atoms with Crippen LogP contribution in [0.4, 0.5) is 0 Å². The van der Waals surface area contributed by atoms with Crippen molar-refractivity contribution in [3.8, 4) is 156 Å². The summed E-state index contributed by atoms with van der Waals surface area (Å²) in [6, 6.07) is 173. The number of rotatable bonds is 12. The van der Waals surface area contributed by atoms with Crippen LogP contribution in [0.2, 0.25) is 0 Å². The molecule has 0 saturated heterocycles. The average Bonchev–Trinajstić information content (AvgIpc) is 1.58. The van der Waals surface area contributed by atoms with Gasteiger partial charge >= 0.3 is 0 Å². The normalized spacial score (nSPS) is 11.1. The van der Waals surface area contributed by atoms with Crippen LogP contribution in [-0.2, 0) is 0 Å². The van der Waals surface area contributed by atoms with Crippen LogP contribution >= 0.6 is 0 Å². The molecule has 0 spiro atoms. The van der Waals surface area contributed by atoms with E-state index in [1.165, 1.54) is 0 Å². The Balaban J connectivity index is 0.000000116. The van der Waals surface area contributed by atoms with E-state index in [1.54, 1.807) is 0 Å². The summed E-state index contributed by atoms with van der Waals surface area (Å²) < 4.78 is 13.3. The molecule has 0 aliphatic rings. The minimum Gasteiger partial charge on any atom is -0.309 e. The molecule has 15 heteroatoms. The molecule has 0 saturated carbocycles. The number of hydrogen-bond donors (Lipinski definition) is 0. The Hall–Kier alpha value is -22.2. The average molecular weight is 1910 g/mol. The molecule has 6 aromatic heterocycles. The van der Waals surface area contributed by atoms with Crippen LogP contribution in [0.5, 0.6) is 0 Å². The summed E-state index contributed by atoms with van der Waals surface area (Å²) in [6.07, 6.45) is 0. The molecular weight excluding hydrogens is 1830 g/mol. The highest BCUT2D eigenvalue weighted by molar-refractivity contribution is 6.16. The first-order valence-electron chi connectivity index (χ1n) is 48.9. The molecular formula is C135H75N15. The third-order valence-corrected chi connectivity index (χ3v) is 28.9. The summed E-state index contributed by atoms with van der Waals surface area (Å²) in [5, 5.41) is 104. The predicted octanol–water partition coefficient (Wildman–Crippen LogP) is 32.5. The van der Waals surface area contributed by atoms with Crippen LogP contribution in [0, 0.1) is 102 Å². The van der Waals surface area contributed by atoms with Gasteiger partial charge in [-0.1, -0.05) is 249 Å². The molecule has 0 fully saturated rings. The van der Waals surface area contributed by atoms with Crippen molar-refractivity contribution in [2.24, 2.45) is 0 Å². The van der Waals surface area contributed by atoms with Gasteiger partial charge < -0.3 is 27.4 Å². The largest absolute Gasteiger partial charge is 0.309 e. The summed E-state index contributed by atoms with van der Waals surface area (Å²) >= 11 is 0. The van der Waals surface area contributed by atoms with Gasteiger partial charge in [0.2, 0.25) is 0 Å². The van der Waals surface area contributed by atoms with Gasteiger partial charge in [0.05, 0.1) is 188 Å². The summed E-state index contributed by atoms with van der Waals surface area (Å²) in [4.78, 5) is 0. The Morgan fingerprint density at radius 1 is 0.133 bits per heavy atom. The molecule has 21 aromatic carbocycles. The van der Waals surface area contributed by atoms with E-state index in [0.29, 0.717) is 50.1 Å². The van der Waals surface area contributed by atoms with E-state index in [0.717, 1.165) is 232 Å². The summed E-state index contributed by atoms with van der Waals surface area (Å²) in [7, 11) is 0. The van der Waals surface area contributed by atoms with E-state index in [9.17, 15) is 47.4 Å². The van der Waals surface area contributed by atoms with Crippen LogP contribution in [0.1, 0.15) is 50.1 Å². The first kappa shape index (κ1) is 89.2. The van der Waals surface area contributed by atoms with Crippen LogP contribution in [0.15, 0.2) is 455 Å². The van der Waals surface area contributed by atoms with Crippen LogP contribution in [-0.4, -0.2) is 27.4 Å². The van der Waals surface area contributed by atoms with E-state index in [2.05, 4.69) is 300 Å². The minimum absolute atomic E-state index is 0.526. The number of aromatic nitrogens is 6. The summed E-state index contributed by atoms with van der Waals surface area (Å²) in [5.74, 6) is 0. The number of benzene rings is 21. The molecule has 0 radical (unpaired) electrons. The lowest BCUT2D eigenvalue weighted by atomic mass is 9.89. The zero-order chi connectivity index (χ0) is 101. The molecule has 27 aromatic rings. The molecule has 150 heavy (non-hydrogen) atoms. The molecule has 0 amide bonds. The monoisotopic (exact) mass is 1910 g/mol. The molecule has 0 N–H and O–H groups in total. The van der Waals surface area contributed by atoms with E-state index in [-0.39, 0.29) is 0 Å². The number of para-hydroxylation sites is 9. The van der Waals surface area contributed by atoms with Crippen LogP contribution < -0.4 is 0 Å². The second-order valence-corrected chi connectivity index (χ2v) is 36.9. The highest BCUT2D eigenvalue weighted by Crippen LogP contribution is 2.49. The number of fused-ring (bicyclic) bond motifs is 18. The summed E-state index contributed by atoms with van der Waals surface area (Å²) in [6.45, 7) is 0. The third-order valence-electron chi connectivity index (χ3n) is 28.9. The fourth-order valence-electron chi connectivity index (χ4n) is 22.4. The van der Waals surface area contributed by atoms with Gasteiger partial charge in [-0.3, -0.25) is 0 Å². The van der Waals surface area contributed by atoms with Gasteiger partial charge in [0.25, 0.3) is 0 Å². The van der Waals surface area contributed by atoms with E-state index in [4.69, 9.17) is 0 Å². The Morgan fingerprint density at radius 3 is 0.760 bits per heavy atom. The molecule has 0 bridgehead atoms. The zero-order valence-corrected chi connectivity index (χ0v) is 80.0. The first-order chi connectivity index (χ1) is 74.0. The predicted molar refractivity (Wildman–Crippen MR) is 600 cm³/mol. The zero-order valence-electron chi connectivity index (χ0n) is 80.0. The summed E-state index contributed by atoms with van der Waals surface area (Å²) in [5.41, 5.74) is 33.6. The molecule has 6 heterocycles. The van der Waals surface area contributed by atoms with Gasteiger partial charge in [0.15, 0.2) is 0 Å². The Labute approximate surface area is 860 Å². The lowest BCUT2D eigenvalue weighted by Crippen LogP contribution is -2.00. The minimum atomic E-state index is 0.526. The second-order valence-electron chi connectivity index (χ2n) is 36.9. The first-order valence-corrected chi connectivity index (χ1v) is 48.9. The maximum Gasteiger partial charge on any atom is 0.101 e. The van der Waals surface area contributed by atoms with Crippen molar-refractivity contribution in [2.75, 3.05) is 0 Å². The molecule has 0 atom stereocenters. The lowest BCUT2D eigenvalue weighted by Gasteiger charge is -2.18. The SMILES string of the molecule is N#Cc1ccc(-n2c3ccccc3c3ccccc32)c(-c2cccc(C#N)c2-c2ccc(-n3c4ccccc4c4cc(C#N)ccc43)cc2)c1.N#Cc1ccc(-n2c3ccccc3c3ccccc32)c(-c2ccccc2-c2ccc(-n3c4ccccc4c4cc(C#N)ccc43)c(C#N)c2)c1.N#Cc1ccc(-n2c3ccccc3c3ccccc32)c(-c2ccccc2-c2ccc(-n3c4ccccc4c4cc(C#N)ccc43)cc2C#N)c1. The van der Waals surface area contributed by atoms with E-state index < -0.39 is 0 Å². The van der Waals surface area contributed by atoms with Crippen molar-refractivity contribution < 1.29 is 0 Å². The number of nitriles is 9. The second kappa shape index (κ2) is 37.0. The van der Waals surface area contributed by atoms with Crippen molar-refractivity contribution >= 4 is 131 Å². The maximum absolute atomic E-state index is 10.6. The highest BCUT2D eigenvalue weighted by atomic mass is 15.0. The third kappa shape index (κ3) is 14.7. The van der Waals surface area contributed by atoms with Gasteiger partial charge in [-0.2, -0.15) is 47.4 Å². The van der Waals surface area contributed by atoms with E-state index >= 15 is 0 Å². The van der Waals surface area contributed by atoms with Gasteiger partial charge in [0, 0.05) is 104 Å². The van der Waals surface area contributed by atoms with E-state index in [1.807, 2.05) is 237 Å². The Kier molecular flexibility index (Phi) is 22.0. The molecule has 15 nitrogen and oxygen atoms in total.